The van der Waals surface area contributed by atoms with Crippen molar-refractivity contribution in [2.24, 2.45) is 0 Å². The molecule has 310 valence electrons. The van der Waals surface area contributed by atoms with Crippen LogP contribution in [0, 0.1) is 0 Å². The van der Waals surface area contributed by atoms with Gasteiger partial charge in [-0.3, -0.25) is 0 Å². The van der Waals surface area contributed by atoms with Gasteiger partial charge in [-0.15, -0.1) is 11.3 Å². The van der Waals surface area contributed by atoms with Gasteiger partial charge < -0.3 is 14.2 Å². The summed E-state index contributed by atoms with van der Waals surface area (Å²) in [7, 11) is 0. The summed E-state index contributed by atoms with van der Waals surface area (Å²) in [5.74, 6) is 0. The Labute approximate surface area is 386 Å². The van der Waals surface area contributed by atoms with Crippen molar-refractivity contribution in [1.82, 2.24) is 0 Å². The molecular formula is C62H40N2OS. The number of para-hydroxylation sites is 4. The Morgan fingerprint density at radius 3 is 1.65 bits per heavy atom. The summed E-state index contributed by atoms with van der Waals surface area (Å²) < 4.78 is 8.80. The maximum absolute atomic E-state index is 6.23. The highest BCUT2D eigenvalue weighted by molar-refractivity contribution is 7.27. The van der Waals surface area contributed by atoms with Crippen molar-refractivity contribution < 1.29 is 4.42 Å². The van der Waals surface area contributed by atoms with Gasteiger partial charge in [0.1, 0.15) is 11.2 Å². The van der Waals surface area contributed by atoms with Gasteiger partial charge in [0.15, 0.2) is 0 Å². The van der Waals surface area contributed by atoms with Crippen molar-refractivity contribution in [2.75, 3.05) is 9.80 Å². The molecule has 0 saturated carbocycles. The largest absolute Gasteiger partial charge is 0.456 e. The Morgan fingerprint density at radius 1 is 0.303 bits per heavy atom. The Bertz CT molecular complexity index is 3930. The van der Waals surface area contributed by atoms with Crippen molar-refractivity contribution >= 4 is 109 Å². The standard InChI is InChI=1S/C62H40N2OS/c1-4-16-42(17-5-1)49-22-12-14-26-57(49)64(45-20-8-3-9-21-45)46-31-28-41(29-32-46)43-30-35-53-55(38-43)50-23-10-11-25-52(50)61-54-36-33-48(40-60(54)66-62(53)61)63(44-18-6-2-7-19-44)47-34-37-59-56(39-47)51-24-13-15-27-58(51)65-59/h1-40H. The molecule has 0 unspecified atom stereocenters. The molecule has 13 rings (SSSR count). The van der Waals surface area contributed by atoms with Crippen LogP contribution in [-0.4, -0.2) is 0 Å². The molecular weight excluding hydrogens is 821 g/mol. The van der Waals surface area contributed by atoms with Crippen molar-refractivity contribution in [1.29, 1.82) is 0 Å². The Morgan fingerprint density at radius 2 is 0.864 bits per heavy atom. The van der Waals surface area contributed by atoms with E-state index in [1.54, 1.807) is 0 Å². The molecule has 0 aliphatic rings. The molecule has 0 aliphatic heterocycles. The lowest BCUT2D eigenvalue weighted by atomic mass is 9.94. The highest BCUT2D eigenvalue weighted by atomic mass is 32.1. The molecule has 0 bridgehead atoms. The number of hydrogen-bond acceptors (Lipinski definition) is 4. The van der Waals surface area contributed by atoms with E-state index in [1.807, 2.05) is 23.5 Å². The monoisotopic (exact) mass is 860 g/mol. The van der Waals surface area contributed by atoms with Gasteiger partial charge in [-0.05, 0) is 118 Å². The zero-order chi connectivity index (χ0) is 43.6. The summed E-state index contributed by atoms with van der Waals surface area (Å²) >= 11 is 1.89. The van der Waals surface area contributed by atoms with Crippen LogP contribution in [0.1, 0.15) is 0 Å². The lowest BCUT2D eigenvalue weighted by Crippen LogP contribution is -2.11. The first kappa shape index (κ1) is 38.1. The number of thiophene rings is 1. The topological polar surface area (TPSA) is 19.6 Å². The van der Waals surface area contributed by atoms with Gasteiger partial charge in [-0.2, -0.15) is 0 Å². The van der Waals surface area contributed by atoms with E-state index < -0.39 is 0 Å². The van der Waals surface area contributed by atoms with Gasteiger partial charge in [0.25, 0.3) is 0 Å². The third-order valence-corrected chi connectivity index (χ3v) is 14.2. The first-order valence-corrected chi connectivity index (χ1v) is 23.2. The molecule has 0 N–H and O–H groups in total. The van der Waals surface area contributed by atoms with E-state index in [0.717, 1.165) is 56.1 Å². The van der Waals surface area contributed by atoms with E-state index in [-0.39, 0.29) is 0 Å². The summed E-state index contributed by atoms with van der Waals surface area (Å²) in [5.41, 5.74) is 13.2. The van der Waals surface area contributed by atoms with Crippen molar-refractivity contribution in [3.63, 3.8) is 0 Å². The summed E-state index contributed by atoms with van der Waals surface area (Å²) in [6.07, 6.45) is 0. The Balaban J connectivity index is 0.919. The molecule has 0 atom stereocenters. The number of furan rings is 1. The Hall–Kier alpha value is -8.44. The van der Waals surface area contributed by atoms with Crippen LogP contribution in [0.15, 0.2) is 247 Å². The maximum atomic E-state index is 6.23. The summed E-state index contributed by atoms with van der Waals surface area (Å²) in [4.78, 5) is 4.72. The third-order valence-electron chi connectivity index (χ3n) is 13.0. The van der Waals surface area contributed by atoms with Crippen LogP contribution in [0.25, 0.3) is 85.9 Å². The van der Waals surface area contributed by atoms with Crippen LogP contribution in [0.5, 0.6) is 0 Å². The highest BCUT2D eigenvalue weighted by Crippen LogP contribution is 2.48. The van der Waals surface area contributed by atoms with E-state index in [4.69, 9.17) is 4.42 Å². The zero-order valence-electron chi connectivity index (χ0n) is 35.8. The summed E-state index contributed by atoms with van der Waals surface area (Å²) in [6.45, 7) is 0. The van der Waals surface area contributed by atoms with E-state index >= 15 is 0 Å². The maximum Gasteiger partial charge on any atom is 0.135 e. The van der Waals surface area contributed by atoms with Crippen LogP contribution in [0.4, 0.5) is 34.1 Å². The molecule has 3 nitrogen and oxygen atoms in total. The average Bonchev–Trinajstić information content (AvgIpc) is 3.96. The first-order chi connectivity index (χ1) is 32.7. The number of nitrogens with zero attached hydrogens (tertiary/aromatic N) is 2. The highest BCUT2D eigenvalue weighted by Gasteiger charge is 2.21. The van der Waals surface area contributed by atoms with Gasteiger partial charge in [0, 0.05) is 70.3 Å². The molecule has 11 aromatic carbocycles. The minimum atomic E-state index is 0.891. The molecule has 0 amide bonds. The van der Waals surface area contributed by atoms with E-state index in [1.165, 1.54) is 64.0 Å². The van der Waals surface area contributed by atoms with Crippen molar-refractivity contribution in [3.8, 4) is 22.3 Å². The molecule has 2 aromatic heterocycles. The molecule has 66 heavy (non-hydrogen) atoms. The number of benzene rings is 11. The number of rotatable bonds is 8. The van der Waals surface area contributed by atoms with E-state index in [2.05, 4.69) is 240 Å². The minimum Gasteiger partial charge on any atom is -0.456 e. The molecule has 0 aliphatic carbocycles. The SMILES string of the molecule is c1ccc(-c2ccccc2N(c2ccccc2)c2ccc(-c3ccc4c(c3)c3ccccc3c3c5ccc(N(c6ccccc6)c6ccc7oc8ccccc8c7c6)cc5sc43)cc2)cc1. The average molecular weight is 861 g/mol. The molecule has 2 heterocycles. The third kappa shape index (κ3) is 6.34. The number of hydrogen-bond donors (Lipinski definition) is 0. The first-order valence-electron chi connectivity index (χ1n) is 22.4. The fourth-order valence-corrected chi connectivity index (χ4v) is 11.3. The van der Waals surface area contributed by atoms with Gasteiger partial charge in [0.05, 0.1) is 5.69 Å². The molecule has 0 saturated heterocycles. The predicted octanol–water partition coefficient (Wildman–Crippen LogP) is 18.5. The normalized spacial score (nSPS) is 11.6. The second-order valence-electron chi connectivity index (χ2n) is 16.8. The fraction of sp³-hybridized carbons (Fsp3) is 0. The van der Waals surface area contributed by atoms with Crippen LogP contribution in [0.2, 0.25) is 0 Å². The van der Waals surface area contributed by atoms with Crippen LogP contribution >= 0.6 is 11.3 Å². The van der Waals surface area contributed by atoms with Crippen molar-refractivity contribution in [2.45, 2.75) is 0 Å². The number of anilines is 6. The van der Waals surface area contributed by atoms with E-state index in [0.29, 0.717) is 0 Å². The Kier molecular flexibility index (Phi) is 9.03. The molecule has 0 spiro atoms. The van der Waals surface area contributed by atoms with Gasteiger partial charge in [-0.1, -0.05) is 158 Å². The zero-order valence-corrected chi connectivity index (χ0v) is 36.6. The molecule has 13 aromatic rings. The van der Waals surface area contributed by atoms with Crippen molar-refractivity contribution in [3.05, 3.63) is 243 Å². The smallest absolute Gasteiger partial charge is 0.135 e. The fourth-order valence-electron chi connectivity index (χ4n) is 9.98. The molecule has 4 heteroatoms. The lowest BCUT2D eigenvalue weighted by Gasteiger charge is -2.28. The van der Waals surface area contributed by atoms with E-state index in [9.17, 15) is 0 Å². The van der Waals surface area contributed by atoms with Gasteiger partial charge in [-0.25, -0.2) is 0 Å². The second-order valence-corrected chi connectivity index (χ2v) is 17.9. The second kappa shape index (κ2) is 15.7. The minimum absolute atomic E-state index is 0.891. The van der Waals surface area contributed by atoms with Crippen LogP contribution in [-0.2, 0) is 0 Å². The van der Waals surface area contributed by atoms with Gasteiger partial charge in [0.2, 0.25) is 0 Å². The quantitative estimate of drug-likeness (QED) is 0.142. The summed E-state index contributed by atoms with van der Waals surface area (Å²) in [6, 6.07) is 87.5. The van der Waals surface area contributed by atoms with Crippen LogP contribution in [0.3, 0.4) is 0 Å². The molecule has 0 fully saturated rings. The predicted molar refractivity (Wildman–Crippen MR) is 282 cm³/mol. The van der Waals surface area contributed by atoms with Gasteiger partial charge >= 0.3 is 0 Å². The lowest BCUT2D eigenvalue weighted by molar-refractivity contribution is 0.669. The summed E-state index contributed by atoms with van der Waals surface area (Å²) in [5, 5.41) is 9.91. The molecule has 0 radical (unpaired) electrons. The number of fused-ring (bicyclic) bond motifs is 11. The van der Waals surface area contributed by atoms with Crippen LogP contribution < -0.4 is 9.80 Å².